The quantitative estimate of drug-likeness (QED) is 0.579. The third kappa shape index (κ3) is 3.77. The molecule has 0 saturated heterocycles. The Balaban J connectivity index is 2.84. The molecule has 0 radical (unpaired) electrons. The average molecular weight is 234 g/mol. The van der Waals surface area contributed by atoms with Crippen molar-refractivity contribution in [1.82, 2.24) is 0 Å². The van der Waals surface area contributed by atoms with Gasteiger partial charge in [-0.1, -0.05) is 18.1 Å². The first-order valence-corrected chi connectivity index (χ1v) is 5.35. The molecule has 0 spiro atoms. The van der Waals surface area contributed by atoms with Crippen LogP contribution in [-0.4, -0.2) is 20.0 Å². The van der Waals surface area contributed by atoms with Gasteiger partial charge in [0.05, 0.1) is 7.11 Å². The molecule has 1 aromatic rings. The minimum Gasteiger partial charge on any atom is -0.497 e. The summed E-state index contributed by atoms with van der Waals surface area (Å²) < 4.78 is 16.0. The van der Waals surface area contributed by atoms with Gasteiger partial charge in [0, 0.05) is 7.11 Å². The third-order valence-corrected chi connectivity index (χ3v) is 2.46. The van der Waals surface area contributed by atoms with Crippen LogP contribution in [0.3, 0.4) is 0 Å². The van der Waals surface area contributed by atoms with Crippen molar-refractivity contribution in [2.45, 2.75) is 25.7 Å². The molecule has 3 heteroatoms. The standard InChI is InChI=1S/C14H18O3/c1-6-13(17-14(2,3)16-5)11-7-9-12(15-4)10-8-11/h1,7-10,13H,2-5H3. The van der Waals surface area contributed by atoms with E-state index < -0.39 is 11.9 Å². The number of benzene rings is 1. The summed E-state index contributed by atoms with van der Waals surface area (Å²) in [6.45, 7) is 3.64. The molecule has 1 unspecified atom stereocenters. The Kier molecular flexibility index (Phi) is 4.56. The lowest BCUT2D eigenvalue weighted by Crippen LogP contribution is -2.28. The second-order valence-electron chi connectivity index (χ2n) is 4.04. The minimum atomic E-state index is -0.711. The number of hydrogen-bond acceptors (Lipinski definition) is 3. The molecular formula is C14H18O3. The van der Waals surface area contributed by atoms with Gasteiger partial charge in [0.2, 0.25) is 0 Å². The number of hydrogen-bond donors (Lipinski definition) is 0. The predicted octanol–water partition coefficient (Wildman–Crippen LogP) is 2.77. The van der Waals surface area contributed by atoms with E-state index in [9.17, 15) is 0 Å². The van der Waals surface area contributed by atoms with Gasteiger partial charge in [-0.3, -0.25) is 0 Å². The fraction of sp³-hybridized carbons (Fsp3) is 0.429. The lowest BCUT2D eigenvalue weighted by Gasteiger charge is -2.27. The van der Waals surface area contributed by atoms with Crippen molar-refractivity contribution in [3.63, 3.8) is 0 Å². The van der Waals surface area contributed by atoms with Crippen molar-refractivity contribution in [2.24, 2.45) is 0 Å². The second kappa shape index (κ2) is 5.72. The fourth-order valence-electron chi connectivity index (χ4n) is 1.31. The van der Waals surface area contributed by atoms with Crippen molar-refractivity contribution >= 4 is 0 Å². The van der Waals surface area contributed by atoms with Crippen molar-refractivity contribution in [1.29, 1.82) is 0 Å². The molecule has 0 aromatic heterocycles. The number of rotatable bonds is 5. The summed E-state index contributed by atoms with van der Waals surface area (Å²) in [5, 5.41) is 0. The van der Waals surface area contributed by atoms with Crippen LogP contribution in [0.4, 0.5) is 0 Å². The van der Waals surface area contributed by atoms with Crippen LogP contribution in [0.15, 0.2) is 24.3 Å². The van der Waals surface area contributed by atoms with Crippen LogP contribution in [0.1, 0.15) is 25.5 Å². The van der Waals surface area contributed by atoms with Crippen LogP contribution in [0.2, 0.25) is 0 Å². The summed E-state index contributed by atoms with van der Waals surface area (Å²) in [5.74, 6) is 2.68. The van der Waals surface area contributed by atoms with Crippen LogP contribution in [0.5, 0.6) is 5.75 Å². The summed E-state index contributed by atoms with van der Waals surface area (Å²) in [6.07, 6.45) is 5.04. The van der Waals surface area contributed by atoms with E-state index in [0.717, 1.165) is 11.3 Å². The van der Waals surface area contributed by atoms with Gasteiger partial charge in [0.15, 0.2) is 5.79 Å². The van der Waals surface area contributed by atoms with Gasteiger partial charge in [-0.25, -0.2) is 0 Å². The first-order chi connectivity index (χ1) is 8.02. The van der Waals surface area contributed by atoms with E-state index in [4.69, 9.17) is 20.6 Å². The largest absolute Gasteiger partial charge is 0.497 e. The highest BCUT2D eigenvalue weighted by atomic mass is 16.7. The molecular weight excluding hydrogens is 216 g/mol. The normalized spacial score (nSPS) is 12.9. The monoisotopic (exact) mass is 234 g/mol. The maximum absolute atomic E-state index is 5.70. The SMILES string of the molecule is C#CC(OC(C)(C)OC)c1ccc(OC)cc1. The smallest absolute Gasteiger partial charge is 0.164 e. The van der Waals surface area contributed by atoms with Gasteiger partial charge in [0.1, 0.15) is 11.9 Å². The molecule has 1 atom stereocenters. The van der Waals surface area contributed by atoms with Crippen molar-refractivity contribution in [2.75, 3.05) is 14.2 Å². The van der Waals surface area contributed by atoms with Gasteiger partial charge in [-0.05, 0) is 31.5 Å². The van der Waals surface area contributed by atoms with Gasteiger partial charge >= 0.3 is 0 Å². The molecule has 17 heavy (non-hydrogen) atoms. The van der Waals surface area contributed by atoms with Crippen molar-refractivity contribution in [3.05, 3.63) is 29.8 Å². The van der Waals surface area contributed by atoms with E-state index in [-0.39, 0.29) is 0 Å². The molecule has 0 aliphatic heterocycles. The average Bonchev–Trinajstić information content (AvgIpc) is 2.36. The van der Waals surface area contributed by atoms with Crippen LogP contribution in [0.25, 0.3) is 0 Å². The van der Waals surface area contributed by atoms with Crippen molar-refractivity contribution < 1.29 is 14.2 Å². The molecule has 0 N–H and O–H groups in total. The van der Waals surface area contributed by atoms with Gasteiger partial charge in [-0.2, -0.15) is 0 Å². The minimum absolute atomic E-state index is 0.434. The zero-order valence-corrected chi connectivity index (χ0v) is 10.7. The molecule has 0 aliphatic rings. The highest BCUT2D eigenvalue weighted by Gasteiger charge is 2.22. The Morgan fingerprint density at radius 3 is 2.18 bits per heavy atom. The Labute approximate surface area is 103 Å². The zero-order chi connectivity index (χ0) is 12.9. The Morgan fingerprint density at radius 1 is 1.18 bits per heavy atom. The molecule has 3 nitrogen and oxygen atoms in total. The first-order valence-electron chi connectivity index (χ1n) is 5.35. The van der Waals surface area contributed by atoms with Crippen LogP contribution in [-0.2, 0) is 9.47 Å². The summed E-state index contributed by atoms with van der Waals surface area (Å²) in [6, 6.07) is 7.47. The van der Waals surface area contributed by atoms with Crippen LogP contribution in [0, 0.1) is 12.3 Å². The third-order valence-electron chi connectivity index (χ3n) is 2.46. The summed E-state index contributed by atoms with van der Waals surface area (Å²) in [4.78, 5) is 0. The maximum Gasteiger partial charge on any atom is 0.164 e. The lowest BCUT2D eigenvalue weighted by molar-refractivity contribution is -0.213. The first kappa shape index (κ1) is 13.6. The summed E-state index contributed by atoms with van der Waals surface area (Å²) in [7, 11) is 3.21. The van der Waals surface area contributed by atoms with E-state index in [1.807, 2.05) is 38.1 Å². The van der Waals surface area contributed by atoms with Gasteiger partial charge in [-0.15, -0.1) is 6.42 Å². The predicted molar refractivity (Wildman–Crippen MR) is 66.7 cm³/mol. The topological polar surface area (TPSA) is 27.7 Å². The van der Waals surface area contributed by atoms with E-state index in [0.29, 0.717) is 0 Å². The molecule has 92 valence electrons. The molecule has 0 aliphatic carbocycles. The van der Waals surface area contributed by atoms with Gasteiger partial charge in [0.25, 0.3) is 0 Å². The number of ether oxygens (including phenoxy) is 3. The fourth-order valence-corrected chi connectivity index (χ4v) is 1.31. The molecule has 0 saturated carbocycles. The highest BCUT2D eigenvalue weighted by molar-refractivity contribution is 5.31. The summed E-state index contributed by atoms with van der Waals surface area (Å²) in [5.41, 5.74) is 0.901. The lowest BCUT2D eigenvalue weighted by atomic mass is 10.1. The molecule has 0 amide bonds. The Bertz CT molecular complexity index is 387. The van der Waals surface area contributed by atoms with Crippen molar-refractivity contribution in [3.8, 4) is 18.1 Å². The molecule has 0 heterocycles. The molecule has 0 bridgehead atoms. The second-order valence-corrected chi connectivity index (χ2v) is 4.04. The maximum atomic E-state index is 5.70. The van der Waals surface area contributed by atoms with Gasteiger partial charge < -0.3 is 14.2 Å². The Morgan fingerprint density at radius 2 is 1.76 bits per heavy atom. The Hall–Kier alpha value is -1.50. The van der Waals surface area contributed by atoms with E-state index in [1.165, 1.54) is 0 Å². The van der Waals surface area contributed by atoms with E-state index in [2.05, 4.69) is 5.92 Å². The molecule has 1 aromatic carbocycles. The van der Waals surface area contributed by atoms with Crippen LogP contribution < -0.4 is 4.74 Å². The van der Waals surface area contributed by atoms with E-state index in [1.54, 1.807) is 14.2 Å². The number of terminal acetylenes is 1. The van der Waals surface area contributed by atoms with Crippen LogP contribution >= 0.6 is 0 Å². The molecule has 1 rings (SSSR count). The summed E-state index contributed by atoms with van der Waals surface area (Å²) >= 11 is 0. The zero-order valence-electron chi connectivity index (χ0n) is 10.7. The highest BCUT2D eigenvalue weighted by Crippen LogP contribution is 2.25. The molecule has 0 fully saturated rings. The number of methoxy groups -OCH3 is 2. The van der Waals surface area contributed by atoms with E-state index >= 15 is 0 Å².